The molecule has 1 saturated heterocycles. The van der Waals surface area contributed by atoms with Crippen LogP contribution in [0.3, 0.4) is 0 Å². The average Bonchev–Trinajstić information content (AvgIpc) is 3.08. The maximum absolute atomic E-state index is 13.8. The summed E-state index contributed by atoms with van der Waals surface area (Å²) in [5.74, 6) is 0.772. The van der Waals surface area contributed by atoms with Gasteiger partial charge in [-0.3, -0.25) is 0 Å². The molecule has 0 spiro atoms. The lowest BCUT2D eigenvalue weighted by Crippen LogP contribution is -2.39. The van der Waals surface area contributed by atoms with Gasteiger partial charge in [0.2, 0.25) is 0 Å². The van der Waals surface area contributed by atoms with Crippen molar-refractivity contribution in [2.45, 2.75) is 31.2 Å². The van der Waals surface area contributed by atoms with E-state index in [4.69, 9.17) is 4.74 Å². The zero-order valence-electron chi connectivity index (χ0n) is 10.1. The molecule has 1 aliphatic carbocycles. The molecule has 2 nitrogen and oxygen atoms in total. The van der Waals surface area contributed by atoms with Gasteiger partial charge >= 0.3 is 0 Å². The molecular formula is C14H18FNO. The molecule has 1 saturated carbocycles. The summed E-state index contributed by atoms with van der Waals surface area (Å²) in [7, 11) is 1.50. The molecule has 1 N–H and O–H groups in total. The fraction of sp³-hybridized carbons (Fsp3) is 0.571. The third kappa shape index (κ3) is 1.73. The smallest absolute Gasteiger partial charge is 0.165 e. The van der Waals surface area contributed by atoms with Crippen LogP contribution in [0.5, 0.6) is 5.75 Å². The molecule has 1 aliphatic heterocycles. The van der Waals surface area contributed by atoms with Gasteiger partial charge in [-0.2, -0.15) is 0 Å². The lowest BCUT2D eigenvalue weighted by Gasteiger charge is -2.30. The van der Waals surface area contributed by atoms with Gasteiger partial charge in [-0.15, -0.1) is 0 Å². The van der Waals surface area contributed by atoms with Crippen molar-refractivity contribution in [3.63, 3.8) is 0 Å². The molecule has 2 aliphatic rings. The highest BCUT2D eigenvalue weighted by atomic mass is 19.1. The van der Waals surface area contributed by atoms with Gasteiger partial charge in [0.15, 0.2) is 11.6 Å². The van der Waals surface area contributed by atoms with E-state index in [1.807, 2.05) is 6.07 Å². The van der Waals surface area contributed by atoms with E-state index in [-0.39, 0.29) is 11.4 Å². The Hall–Kier alpha value is -1.09. The lowest BCUT2D eigenvalue weighted by molar-refractivity contribution is 0.331. The minimum Gasteiger partial charge on any atom is -0.494 e. The number of benzene rings is 1. The second-order valence-electron chi connectivity index (χ2n) is 5.13. The molecular weight excluding hydrogens is 217 g/mol. The summed E-state index contributed by atoms with van der Waals surface area (Å²) in [6.45, 7) is 1.05. The van der Waals surface area contributed by atoms with Gasteiger partial charge in [0.1, 0.15) is 0 Å². The minimum atomic E-state index is -0.251. The Morgan fingerprint density at radius 2 is 2.24 bits per heavy atom. The van der Waals surface area contributed by atoms with Crippen LogP contribution >= 0.6 is 0 Å². The first kappa shape index (κ1) is 11.0. The second-order valence-corrected chi connectivity index (χ2v) is 5.13. The highest BCUT2D eigenvalue weighted by Gasteiger charge is 2.48. The van der Waals surface area contributed by atoms with Gasteiger partial charge in [-0.05, 0) is 55.8 Å². The van der Waals surface area contributed by atoms with E-state index < -0.39 is 0 Å². The Morgan fingerprint density at radius 3 is 2.76 bits per heavy atom. The molecule has 1 unspecified atom stereocenters. The van der Waals surface area contributed by atoms with Gasteiger partial charge < -0.3 is 10.1 Å². The van der Waals surface area contributed by atoms with E-state index in [0.29, 0.717) is 11.7 Å². The normalized spacial score (nSPS) is 28.4. The van der Waals surface area contributed by atoms with Gasteiger partial charge in [-0.1, -0.05) is 6.07 Å². The van der Waals surface area contributed by atoms with Crippen LogP contribution in [-0.4, -0.2) is 13.7 Å². The monoisotopic (exact) mass is 235 g/mol. The minimum absolute atomic E-state index is 0.0348. The molecule has 0 radical (unpaired) electrons. The first-order valence-electron chi connectivity index (χ1n) is 6.35. The van der Waals surface area contributed by atoms with Gasteiger partial charge in [0.25, 0.3) is 0 Å². The van der Waals surface area contributed by atoms with E-state index in [1.165, 1.54) is 26.4 Å². The predicted octanol–water partition coefficient (Wildman–Crippen LogP) is 2.82. The van der Waals surface area contributed by atoms with Crippen LogP contribution < -0.4 is 10.1 Å². The van der Waals surface area contributed by atoms with Crippen molar-refractivity contribution in [1.82, 2.24) is 5.32 Å². The van der Waals surface area contributed by atoms with Crippen LogP contribution in [0.15, 0.2) is 18.2 Å². The third-order valence-electron chi connectivity index (χ3n) is 4.13. The maximum atomic E-state index is 13.8. The standard InChI is InChI=1S/C14H18FNO/c1-17-13-6-5-11(9-12(13)15)14(10-3-4-10)7-2-8-16-14/h5-6,9-10,16H,2-4,7-8H2,1H3. The van der Waals surface area contributed by atoms with Gasteiger partial charge in [-0.25, -0.2) is 4.39 Å². The number of hydrogen-bond acceptors (Lipinski definition) is 2. The first-order valence-corrected chi connectivity index (χ1v) is 6.35. The third-order valence-corrected chi connectivity index (χ3v) is 4.13. The number of ether oxygens (including phenoxy) is 1. The van der Waals surface area contributed by atoms with Gasteiger partial charge in [0.05, 0.1) is 7.11 Å². The summed E-state index contributed by atoms with van der Waals surface area (Å²) in [5, 5.41) is 3.61. The van der Waals surface area contributed by atoms with Crippen molar-refractivity contribution < 1.29 is 9.13 Å². The SMILES string of the molecule is COc1ccc(C2(C3CC3)CCCN2)cc1F. The molecule has 1 aromatic rings. The van der Waals surface area contributed by atoms with Crippen molar-refractivity contribution in [1.29, 1.82) is 0 Å². The van der Waals surface area contributed by atoms with E-state index in [0.717, 1.165) is 18.5 Å². The van der Waals surface area contributed by atoms with Crippen LogP contribution in [0.25, 0.3) is 0 Å². The van der Waals surface area contributed by atoms with Crippen molar-refractivity contribution in [3.05, 3.63) is 29.6 Å². The average molecular weight is 235 g/mol. The Bertz CT molecular complexity index is 422. The zero-order chi connectivity index (χ0) is 11.9. The number of halogens is 1. The molecule has 3 heteroatoms. The highest BCUT2D eigenvalue weighted by Crippen LogP contribution is 2.50. The Morgan fingerprint density at radius 1 is 1.41 bits per heavy atom. The number of methoxy groups -OCH3 is 1. The summed E-state index contributed by atoms with van der Waals surface area (Å²) >= 11 is 0. The van der Waals surface area contributed by atoms with Crippen molar-refractivity contribution in [2.24, 2.45) is 5.92 Å². The summed E-state index contributed by atoms with van der Waals surface area (Å²) in [4.78, 5) is 0. The molecule has 2 fully saturated rings. The molecule has 1 heterocycles. The molecule has 0 amide bonds. The molecule has 3 rings (SSSR count). The zero-order valence-corrected chi connectivity index (χ0v) is 10.1. The Kier molecular flexibility index (Phi) is 2.58. The summed E-state index contributed by atoms with van der Waals surface area (Å²) in [5.41, 5.74) is 1.13. The van der Waals surface area contributed by atoms with Gasteiger partial charge in [0, 0.05) is 5.54 Å². The summed E-state index contributed by atoms with van der Waals surface area (Å²) in [6.07, 6.45) is 4.84. The maximum Gasteiger partial charge on any atom is 0.165 e. The summed E-state index contributed by atoms with van der Waals surface area (Å²) in [6, 6.07) is 5.41. The largest absolute Gasteiger partial charge is 0.494 e. The molecule has 1 aromatic carbocycles. The molecule has 17 heavy (non-hydrogen) atoms. The fourth-order valence-electron chi connectivity index (χ4n) is 3.12. The predicted molar refractivity (Wildman–Crippen MR) is 64.6 cm³/mol. The summed E-state index contributed by atoms with van der Waals surface area (Å²) < 4.78 is 18.8. The fourth-order valence-corrected chi connectivity index (χ4v) is 3.12. The second kappa shape index (κ2) is 3.98. The van der Waals surface area contributed by atoms with E-state index in [9.17, 15) is 4.39 Å². The van der Waals surface area contributed by atoms with Crippen molar-refractivity contribution in [3.8, 4) is 5.75 Å². The Labute approximate surface area is 101 Å². The first-order chi connectivity index (χ1) is 8.26. The van der Waals surface area contributed by atoms with Crippen LogP contribution in [0.4, 0.5) is 4.39 Å². The van der Waals surface area contributed by atoms with Crippen molar-refractivity contribution >= 4 is 0 Å². The molecule has 0 bridgehead atoms. The quantitative estimate of drug-likeness (QED) is 0.869. The van der Waals surface area contributed by atoms with Crippen LogP contribution in [0, 0.1) is 11.7 Å². The van der Waals surface area contributed by atoms with Crippen LogP contribution in [0.2, 0.25) is 0 Å². The number of rotatable bonds is 3. The molecule has 92 valence electrons. The number of nitrogens with one attached hydrogen (secondary N) is 1. The Balaban J connectivity index is 1.98. The van der Waals surface area contributed by atoms with E-state index >= 15 is 0 Å². The van der Waals surface area contributed by atoms with E-state index in [2.05, 4.69) is 5.32 Å². The molecule has 1 atom stereocenters. The molecule has 0 aromatic heterocycles. The highest BCUT2D eigenvalue weighted by molar-refractivity contribution is 5.35. The number of hydrogen-bond donors (Lipinski definition) is 1. The topological polar surface area (TPSA) is 21.3 Å². The van der Waals surface area contributed by atoms with Crippen LogP contribution in [-0.2, 0) is 5.54 Å². The van der Waals surface area contributed by atoms with E-state index in [1.54, 1.807) is 12.1 Å². The van der Waals surface area contributed by atoms with Crippen molar-refractivity contribution in [2.75, 3.05) is 13.7 Å². The van der Waals surface area contributed by atoms with Crippen LogP contribution in [0.1, 0.15) is 31.2 Å². The lowest BCUT2D eigenvalue weighted by atomic mass is 9.83.